The van der Waals surface area contributed by atoms with Gasteiger partial charge in [0, 0.05) is 37.7 Å². The van der Waals surface area contributed by atoms with Crippen molar-refractivity contribution in [1.82, 2.24) is 24.2 Å². The lowest BCUT2D eigenvalue weighted by Crippen LogP contribution is -2.53. The van der Waals surface area contributed by atoms with Crippen LogP contribution in [-0.4, -0.2) is 68.2 Å². The van der Waals surface area contributed by atoms with E-state index in [4.69, 9.17) is 16.0 Å². The molecule has 2 saturated heterocycles. The molecule has 2 aliphatic heterocycles. The first-order valence-corrected chi connectivity index (χ1v) is 11.8. The van der Waals surface area contributed by atoms with Crippen molar-refractivity contribution in [2.24, 2.45) is 0 Å². The third kappa shape index (κ3) is 4.31. The van der Waals surface area contributed by atoms with Crippen molar-refractivity contribution in [1.29, 1.82) is 5.26 Å². The van der Waals surface area contributed by atoms with Crippen molar-refractivity contribution in [3.8, 4) is 6.07 Å². The third-order valence-corrected chi connectivity index (χ3v) is 6.63. The second-order valence-electron chi connectivity index (χ2n) is 8.80. The molecule has 3 aromatic rings. The van der Waals surface area contributed by atoms with E-state index < -0.39 is 6.03 Å². The number of nitrogens with two attached hydrogens (primary N) is 1. The van der Waals surface area contributed by atoms with Crippen molar-refractivity contribution >= 4 is 40.7 Å². The average molecular weight is 500 g/mol. The summed E-state index contributed by atoms with van der Waals surface area (Å²) in [6, 6.07) is 7.79. The van der Waals surface area contributed by atoms with Crippen LogP contribution in [0, 0.1) is 11.3 Å². The summed E-state index contributed by atoms with van der Waals surface area (Å²) in [6.07, 6.45) is 6.10. The number of hydrogen-bond donors (Lipinski definition) is 2. The Morgan fingerprint density at radius 3 is 2.70 bits per heavy atom. The van der Waals surface area contributed by atoms with E-state index in [1.165, 1.54) is 15.9 Å². The summed E-state index contributed by atoms with van der Waals surface area (Å²) in [5.74, 6) is 0.670. The standard InChI is InChI=1S/C25H25N9O3/c1-2-19(35)32-10-3-4-18(32)23-30-24(21-22(27)28-9-11-34(21)23)33-13-12-31(15-20(33)36)25(37)29-17-7-5-16(14-26)6-8-17/h2,5-9,11,18H,1,3-4,10,12-13,15H2,(H2,27,28)(H,29,37). The molecule has 0 aliphatic carbocycles. The van der Waals surface area contributed by atoms with E-state index in [-0.39, 0.29) is 43.3 Å². The van der Waals surface area contributed by atoms with Gasteiger partial charge in [0.2, 0.25) is 11.8 Å². The van der Waals surface area contributed by atoms with Gasteiger partial charge in [-0.3, -0.25) is 18.9 Å². The van der Waals surface area contributed by atoms with Crippen molar-refractivity contribution in [2.75, 3.05) is 42.1 Å². The van der Waals surface area contributed by atoms with Crippen LogP contribution in [0.4, 0.5) is 22.1 Å². The molecule has 12 nitrogen and oxygen atoms in total. The Labute approximate surface area is 212 Å². The van der Waals surface area contributed by atoms with Crippen LogP contribution in [0.2, 0.25) is 0 Å². The van der Waals surface area contributed by atoms with Crippen LogP contribution >= 0.6 is 0 Å². The molecule has 5 rings (SSSR count). The second kappa shape index (κ2) is 9.62. The Balaban J connectivity index is 1.39. The van der Waals surface area contributed by atoms with Crippen LogP contribution < -0.4 is 16.0 Å². The Morgan fingerprint density at radius 1 is 1.22 bits per heavy atom. The van der Waals surface area contributed by atoms with Gasteiger partial charge < -0.3 is 20.9 Å². The zero-order valence-corrected chi connectivity index (χ0v) is 20.0. The van der Waals surface area contributed by atoms with E-state index in [1.54, 1.807) is 46.0 Å². The van der Waals surface area contributed by atoms with Crippen LogP contribution in [0.1, 0.15) is 30.3 Å². The van der Waals surface area contributed by atoms with Gasteiger partial charge in [-0.2, -0.15) is 5.26 Å². The zero-order chi connectivity index (χ0) is 26.1. The van der Waals surface area contributed by atoms with E-state index in [9.17, 15) is 14.4 Å². The van der Waals surface area contributed by atoms with Crippen molar-refractivity contribution in [3.05, 3.63) is 60.7 Å². The summed E-state index contributed by atoms with van der Waals surface area (Å²) in [7, 11) is 0. The second-order valence-corrected chi connectivity index (χ2v) is 8.80. The molecule has 37 heavy (non-hydrogen) atoms. The number of anilines is 3. The number of benzene rings is 1. The van der Waals surface area contributed by atoms with Crippen LogP contribution in [0.15, 0.2) is 49.3 Å². The number of imidazole rings is 1. The van der Waals surface area contributed by atoms with Crippen LogP contribution in [0.3, 0.4) is 0 Å². The lowest BCUT2D eigenvalue weighted by atomic mass is 10.2. The Bertz CT molecular complexity index is 1440. The van der Waals surface area contributed by atoms with Gasteiger partial charge in [-0.15, -0.1) is 0 Å². The zero-order valence-electron chi connectivity index (χ0n) is 20.0. The largest absolute Gasteiger partial charge is 0.382 e. The molecule has 0 spiro atoms. The predicted molar refractivity (Wildman–Crippen MR) is 135 cm³/mol. The number of fused-ring (bicyclic) bond motifs is 1. The van der Waals surface area contributed by atoms with E-state index in [1.807, 2.05) is 6.07 Å². The van der Waals surface area contributed by atoms with E-state index in [0.29, 0.717) is 35.0 Å². The molecule has 2 aromatic heterocycles. The number of likely N-dealkylation sites (tertiary alicyclic amines) is 1. The molecule has 3 N–H and O–H groups in total. The normalized spacial score (nSPS) is 17.6. The number of urea groups is 1. The van der Waals surface area contributed by atoms with Gasteiger partial charge in [-0.25, -0.2) is 14.8 Å². The van der Waals surface area contributed by atoms with E-state index in [2.05, 4.69) is 16.9 Å². The maximum Gasteiger partial charge on any atom is 0.322 e. The molecule has 1 aromatic carbocycles. The number of carbonyl (C=O) groups excluding carboxylic acids is 3. The molecule has 2 aliphatic rings. The minimum Gasteiger partial charge on any atom is -0.382 e. The first-order valence-electron chi connectivity index (χ1n) is 11.8. The first-order chi connectivity index (χ1) is 17.9. The monoisotopic (exact) mass is 499 g/mol. The maximum atomic E-state index is 13.2. The fraction of sp³-hybridized carbons (Fsp3) is 0.280. The summed E-state index contributed by atoms with van der Waals surface area (Å²) < 4.78 is 1.79. The summed E-state index contributed by atoms with van der Waals surface area (Å²) in [5.41, 5.74) is 7.72. The number of rotatable bonds is 4. The molecule has 4 heterocycles. The third-order valence-electron chi connectivity index (χ3n) is 6.63. The SMILES string of the molecule is C=CC(=O)N1CCCC1c1nc(N2CCN(C(=O)Nc3ccc(C#N)cc3)CC2=O)c2c(N)nccn12. The number of aromatic nitrogens is 3. The summed E-state index contributed by atoms with van der Waals surface area (Å²) in [4.78, 5) is 52.1. The molecule has 1 atom stereocenters. The molecular weight excluding hydrogens is 474 g/mol. The minimum absolute atomic E-state index is 0.152. The number of carbonyl (C=O) groups is 3. The molecule has 2 fully saturated rings. The van der Waals surface area contributed by atoms with Gasteiger partial charge in [0.05, 0.1) is 17.7 Å². The summed E-state index contributed by atoms with van der Waals surface area (Å²) in [6.45, 7) is 4.52. The highest BCUT2D eigenvalue weighted by Gasteiger charge is 2.36. The van der Waals surface area contributed by atoms with Gasteiger partial charge in [0.1, 0.15) is 17.9 Å². The van der Waals surface area contributed by atoms with Gasteiger partial charge in [0.25, 0.3) is 0 Å². The lowest BCUT2D eigenvalue weighted by molar-refractivity contribution is -0.127. The Hall–Kier alpha value is -4.92. The van der Waals surface area contributed by atoms with Crippen LogP contribution in [0.5, 0.6) is 0 Å². The summed E-state index contributed by atoms with van der Waals surface area (Å²) in [5, 5.41) is 11.7. The maximum absolute atomic E-state index is 13.2. The molecule has 1 unspecified atom stereocenters. The molecule has 0 saturated carbocycles. The number of nitrogens with zero attached hydrogens (tertiary/aromatic N) is 7. The highest BCUT2D eigenvalue weighted by atomic mass is 16.2. The van der Waals surface area contributed by atoms with Gasteiger partial charge in [-0.05, 0) is 43.2 Å². The fourth-order valence-corrected chi connectivity index (χ4v) is 4.81. The highest BCUT2D eigenvalue weighted by Crippen LogP contribution is 2.36. The lowest BCUT2D eigenvalue weighted by Gasteiger charge is -2.33. The van der Waals surface area contributed by atoms with E-state index >= 15 is 0 Å². The molecule has 0 bridgehead atoms. The van der Waals surface area contributed by atoms with Crippen molar-refractivity contribution in [3.63, 3.8) is 0 Å². The van der Waals surface area contributed by atoms with Gasteiger partial charge in [-0.1, -0.05) is 6.58 Å². The quantitative estimate of drug-likeness (QED) is 0.520. The highest BCUT2D eigenvalue weighted by molar-refractivity contribution is 6.02. The van der Waals surface area contributed by atoms with E-state index in [0.717, 1.165) is 12.8 Å². The first kappa shape index (κ1) is 23.8. The van der Waals surface area contributed by atoms with Crippen molar-refractivity contribution < 1.29 is 14.4 Å². The van der Waals surface area contributed by atoms with Gasteiger partial charge >= 0.3 is 6.03 Å². The Kier molecular flexibility index (Phi) is 6.19. The number of nitriles is 1. The fourth-order valence-electron chi connectivity index (χ4n) is 4.81. The number of piperazine rings is 1. The van der Waals surface area contributed by atoms with Crippen LogP contribution in [-0.2, 0) is 9.59 Å². The number of hydrogen-bond acceptors (Lipinski definition) is 7. The number of amides is 4. The van der Waals surface area contributed by atoms with Crippen molar-refractivity contribution in [2.45, 2.75) is 18.9 Å². The molecule has 188 valence electrons. The van der Waals surface area contributed by atoms with Crippen LogP contribution in [0.25, 0.3) is 5.52 Å². The van der Waals surface area contributed by atoms with Gasteiger partial charge in [0.15, 0.2) is 11.6 Å². The number of nitrogens with one attached hydrogen (secondary N) is 1. The topological polar surface area (TPSA) is 153 Å². The number of nitrogen functional groups attached to an aromatic ring is 1. The smallest absolute Gasteiger partial charge is 0.322 e. The predicted octanol–water partition coefficient (Wildman–Crippen LogP) is 1.91. The Morgan fingerprint density at radius 2 is 2.00 bits per heavy atom. The molecule has 0 radical (unpaired) electrons. The molecule has 4 amide bonds. The minimum atomic E-state index is -0.418. The average Bonchev–Trinajstić information content (AvgIpc) is 3.54. The molecular formula is C25H25N9O3. The molecule has 12 heteroatoms. The summed E-state index contributed by atoms with van der Waals surface area (Å²) >= 11 is 0.